The molecule has 1 saturated heterocycles. The van der Waals surface area contributed by atoms with Gasteiger partial charge in [-0.2, -0.15) is 5.10 Å². The van der Waals surface area contributed by atoms with Crippen LogP contribution in [-0.4, -0.2) is 55.0 Å². The molecule has 0 unspecified atom stereocenters. The van der Waals surface area contributed by atoms with Crippen molar-refractivity contribution in [1.29, 1.82) is 0 Å². The van der Waals surface area contributed by atoms with Crippen LogP contribution < -0.4 is 15.1 Å². The lowest BCUT2D eigenvalue weighted by Crippen LogP contribution is -3.28. The summed E-state index contributed by atoms with van der Waals surface area (Å²) in [6.45, 7) is 13.9. The Hall–Kier alpha value is -2.18. The van der Waals surface area contributed by atoms with E-state index in [0.717, 1.165) is 57.9 Å². The van der Waals surface area contributed by atoms with Gasteiger partial charge in [-0.05, 0) is 38.8 Å². The molecule has 0 bridgehead atoms. The topological polar surface area (TPSA) is 55.8 Å². The molecule has 2 heterocycles. The predicted molar refractivity (Wildman–Crippen MR) is 110 cm³/mol. The maximum Gasteiger partial charge on any atom is 0.275 e. The summed E-state index contributed by atoms with van der Waals surface area (Å²) in [5.74, 6) is 0.172. The monoisotopic (exact) mass is 385 g/mol. The molecule has 3 N–H and O–H groups in total. The van der Waals surface area contributed by atoms with Crippen molar-refractivity contribution in [2.75, 3.05) is 39.3 Å². The highest BCUT2D eigenvalue weighted by Crippen LogP contribution is 2.04. The molecule has 1 amide bonds. The number of amides is 1. The van der Waals surface area contributed by atoms with Crippen LogP contribution in [0.3, 0.4) is 0 Å². The lowest BCUT2D eigenvalue weighted by atomic mass is 10.1. The van der Waals surface area contributed by atoms with Crippen LogP contribution in [-0.2, 0) is 17.9 Å². The fraction of sp³-hybridized carbons (Fsp3) is 0.545. The van der Waals surface area contributed by atoms with Gasteiger partial charge >= 0.3 is 0 Å². The Morgan fingerprint density at radius 3 is 2.50 bits per heavy atom. The van der Waals surface area contributed by atoms with Crippen LogP contribution >= 0.6 is 0 Å². The van der Waals surface area contributed by atoms with Crippen LogP contribution in [0, 0.1) is 20.8 Å². The largest absolute Gasteiger partial charge is 0.351 e. The maximum atomic E-state index is 12.2. The van der Waals surface area contributed by atoms with E-state index in [1.165, 1.54) is 21.7 Å². The number of aromatic nitrogens is 2. The van der Waals surface area contributed by atoms with Gasteiger partial charge < -0.3 is 15.1 Å². The van der Waals surface area contributed by atoms with Crippen molar-refractivity contribution >= 4 is 5.91 Å². The lowest BCUT2D eigenvalue weighted by Gasteiger charge is -2.29. The molecule has 0 atom stereocenters. The molecule has 6 nitrogen and oxygen atoms in total. The van der Waals surface area contributed by atoms with E-state index in [1.54, 1.807) is 4.90 Å². The van der Waals surface area contributed by atoms with Crippen LogP contribution in [0.2, 0.25) is 0 Å². The third-order valence-corrected chi connectivity index (χ3v) is 5.75. The molecule has 1 fully saturated rings. The quantitative estimate of drug-likeness (QED) is 0.527. The Kier molecular flexibility index (Phi) is 7.23. The summed E-state index contributed by atoms with van der Waals surface area (Å²) in [5.41, 5.74) is 5.05. The normalized spacial score (nSPS) is 19.5. The Morgan fingerprint density at radius 1 is 1.11 bits per heavy atom. The Balaban J connectivity index is 1.31. The van der Waals surface area contributed by atoms with Gasteiger partial charge in [0, 0.05) is 24.3 Å². The van der Waals surface area contributed by atoms with Crippen molar-refractivity contribution in [3.05, 3.63) is 52.8 Å². The third-order valence-electron chi connectivity index (χ3n) is 5.75. The van der Waals surface area contributed by atoms with E-state index in [2.05, 4.69) is 54.6 Å². The zero-order valence-corrected chi connectivity index (χ0v) is 17.6. The number of nitrogens with one attached hydrogen (secondary N) is 3. The molecule has 28 heavy (non-hydrogen) atoms. The molecule has 6 heteroatoms. The average molecular weight is 386 g/mol. The Labute approximate surface area is 168 Å². The van der Waals surface area contributed by atoms with Crippen molar-refractivity contribution in [1.82, 2.24) is 15.1 Å². The minimum Gasteiger partial charge on any atom is -0.351 e. The summed E-state index contributed by atoms with van der Waals surface area (Å²) < 4.78 is 2.02. The highest BCUT2D eigenvalue weighted by molar-refractivity contribution is 5.76. The Morgan fingerprint density at radius 2 is 1.82 bits per heavy atom. The third kappa shape index (κ3) is 5.91. The van der Waals surface area contributed by atoms with Crippen molar-refractivity contribution in [3.8, 4) is 0 Å². The van der Waals surface area contributed by atoms with E-state index < -0.39 is 0 Å². The maximum absolute atomic E-state index is 12.2. The van der Waals surface area contributed by atoms with Gasteiger partial charge in [-0.15, -0.1) is 0 Å². The van der Waals surface area contributed by atoms with Crippen LogP contribution in [0.25, 0.3) is 0 Å². The molecular formula is C22H35N5O+2. The SMILES string of the molecule is Cc1cc(C)n(CCCNC(=O)C[NH+]2CC[NH+](Cc3ccccc3C)CC2)n1. The van der Waals surface area contributed by atoms with Gasteiger partial charge in [0.05, 0.1) is 5.69 Å². The summed E-state index contributed by atoms with van der Waals surface area (Å²) in [6, 6.07) is 10.7. The van der Waals surface area contributed by atoms with E-state index in [-0.39, 0.29) is 5.91 Å². The minimum atomic E-state index is 0.172. The van der Waals surface area contributed by atoms with E-state index >= 15 is 0 Å². The Bertz CT molecular complexity index is 777. The second-order valence-corrected chi connectivity index (χ2v) is 8.13. The molecule has 1 aliphatic heterocycles. The average Bonchev–Trinajstić information content (AvgIpc) is 2.99. The molecule has 0 radical (unpaired) electrons. The number of carbonyl (C=O) groups excluding carboxylic acids is 1. The van der Waals surface area contributed by atoms with Gasteiger partial charge in [-0.3, -0.25) is 9.48 Å². The number of rotatable bonds is 8. The molecule has 2 aromatic rings. The molecule has 0 aliphatic carbocycles. The van der Waals surface area contributed by atoms with Gasteiger partial charge in [0.1, 0.15) is 32.7 Å². The number of nitrogens with zero attached hydrogens (tertiary/aromatic N) is 2. The molecular weight excluding hydrogens is 350 g/mol. The zero-order valence-electron chi connectivity index (χ0n) is 17.6. The van der Waals surface area contributed by atoms with Crippen molar-refractivity contribution in [2.24, 2.45) is 0 Å². The summed E-state index contributed by atoms with van der Waals surface area (Å²) in [7, 11) is 0. The van der Waals surface area contributed by atoms with Gasteiger partial charge in [0.2, 0.25) is 0 Å². The smallest absolute Gasteiger partial charge is 0.275 e. The summed E-state index contributed by atoms with van der Waals surface area (Å²) >= 11 is 0. The van der Waals surface area contributed by atoms with Crippen LogP contribution in [0.15, 0.2) is 30.3 Å². The second-order valence-electron chi connectivity index (χ2n) is 8.13. The molecule has 3 rings (SSSR count). The van der Waals surface area contributed by atoms with Crippen molar-refractivity contribution in [2.45, 2.75) is 40.3 Å². The summed E-state index contributed by atoms with van der Waals surface area (Å²) in [4.78, 5) is 15.3. The lowest BCUT2D eigenvalue weighted by molar-refractivity contribution is -1.02. The number of hydrogen-bond donors (Lipinski definition) is 3. The molecule has 1 aliphatic rings. The van der Waals surface area contributed by atoms with Gasteiger partial charge in [0.25, 0.3) is 5.91 Å². The molecule has 152 valence electrons. The summed E-state index contributed by atoms with van der Waals surface area (Å²) in [5, 5.41) is 7.54. The van der Waals surface area contributed by atoms with Crippen molar-refractivity contribution in [3.63, 3.8) is 0 Å². The van der Waals surface area contributed by atoms with E-state index in [9.17, 15) is 4.79 Å². The second kappa shape index (κ2) is 9.85. The number of hydrogen-bond acceptors (Lipinski definition) is 2. The van der Waals surface area contributed by atoms with Crippen LogP contribution in [0.1, 0.15) is 28.9 Å². The van der Waals surface area contributed by atoms with Crippen LogP contribution in [0.5, 0.6) is 0 Å². The van der Waals surface area contributed by atoms with Gasteiger partial charge in [-0.1, -0.05) is 24.3 Å². The fourth-order valence-corrected chi connectivity index (χ4v) is 4.04. The van der Waals surface area contributed by atoms with Crippen molar-refractivity contribution < 1.29 is 14.6 Å². The first kappa shape index (κ1) is 20.6. The standard InChI is InChI=1S/C22H33N5O/c1-18-7-4-5-8-21(18)16-25-11-13-26(14-12-25)17-22(28)23-9-6-10-27-20(3)15-19(2)24-27/h4-5,7-8,15H,6,9-14,16-17H2,1-3H3,(H,23,28)/p+2. The van der Waals surface area contributed by atoms with Gasteiger partial charge in [0.15, 0.2) is 6.54 Å². The number of aryl methyl sites for hydroxylation is 4. The highest BCUT2D eigenvalue weighted by atomic mass is 16.2. The van der Waals surface area contributed by atoms with E-state index in [0.29, 0.717) is 6.54 Å². The van der Waals surface area contributed by atoms with E-state index in [4.69, 9.17) is 0 Å². The predicted octanol–water partition coefficient (Wildman–Crippen LogP) is -0.702. The molecule has 0 spiro atoms. The fourth-order valence-electron chi connectivity index (χ4n) is 4.04. The first-order chi connectivity index (χ1) is 13.5. The molecule has 1 aromatic carbocycles. The number of carbonyl (C=O) groups is 1. The summed E-state index contributed by atoms with van der Waals surface area (Å²) in [6.07, 6.45) is 0.914. The number of benzene rings is 1. The molecule has 0 saturated carbocycles. The molecule has 1 aromatic heterocycles. The first-order valence-corrected chi connectivity index (χ1v) is 10.5. The van der Waals surface area contributed by atoms with Gasteiger partial charge in [-0.25, -0.2) is 0 Å². The highest BCUT2D eigenvalue weighted by Gasteiger charge is 2.24. The van der Waals surface area contributed by atoms with E-state index in [1.807, 2.05) is 11.6 Å². The minimum absolute atomic E-state index is 0.172. The number of quaternary nitrogens is 2. The first-order valence-electron chi connectivity index (χ1n) is 10.5. The van der Waals surface area contributed by atoms with Crippen LogP contribution in [0.4, 0.5) is 0 Å². The zero-order chi connectivity index (χ0) is 19.9. The number of piperazine rings is 1.